The van der Waals surface area contributed by atoms with Crippen LogP contribution < -0.4 is 9.47 Å². The highest BCUT2D eigenvalue weighted by atomic mass is 32.2. The van der Waals surface area contributed by atoms with Gasteiger partial charge in [0.25, 0.3) is 0 Å². The molecule has 0 N–H and O–H groups in total. The van der Waals surface area contributed by atoms with Crippen LogP contribution in [0.5, 0.6) is 11.5 Å². The lowest BCUT2D eigenvalue weighted by molar-refractivity contribution is 0.400. The third-order valence-corrected chi connectivity index (χ3v) is 4.78. The normalized spacial score (nSPS) is 10.6. The van der Waals surface area contributed by atoms with Crippen molar-refractivity contribution in [2.24, 2.45) is 7.05 Å². The summed E-state index contributed by atoms with van der Waals surface area (Å²) in [7, 11) is 5.31. The SMILES string of the molecule is COc1ccc(OC)c(CSc2nnc(-c3ccccc3)n2C)c1. The first-order chi connectivity index (χ1) is 11.7. The summed E-state index contributed by atoms with van der Waals surface area (Å²) in [6, 6.07) is 15.8. The van der Waals surface area contributed by atoms with Crippen LogP contribution in [0.15, 0.2) is 53.7 Å². The summed E-state index contributed by atoms with van der Waals surface area (Å²) in [5, 5.41) is 9.48. The second-order valence-corrected chi connectivity index (χ2v) is 6.14. The molecule has 3 rings (SSSR count). The highest BCUT2D eigenvalue weighted by Crippen LogP contribution is 2.31. The molecule has 0 radical (unpaired) electrons. The minimum absolute atomic E-state index is 0.723. The number of hydrogen-bond acceptors (Lipinski definition) is 5. The summed E-state index contributed by atoms with van der Waals surface area (Å²) in [5.41, 5.74) is 2.12. The summed E-state index contributed by atoms with van der Waals surface area (Å²) in [6.07, 6.45) is 0. The second-order valence-electron chi connectivity index (χ2n) is 5.20. The fraction of sp³-hybridized carbons (Fsp3) is 0.222. The molecular formula is C18H19N3O2S. The quantitative estimate of drug-likeness (QED) is 0.639. The van der Waals surface area contributed by atoms with Gasteiger partial charge < -0.3 is 14.0 Å². The third kappa shape index (κ3) is 3.38. The lowest BCUT2D eigenvalue weighted by Crippen LogP contribution is -1.96. The van der Waals surface area contributed by atoms with E-state index in [4.69, 9.17) is 9.47 Å². The molecule has 0 aliphatic heterocycles. The third-order valence-electron chi connectivity index (χ3n) is 3.71. The Bertz CT molecular complexity index is 818. The number of aromatic nitrogens is 3. The van der Waals surface area contributed by atoms with Crippen LogP contribution >= 0.6 is 11.8 Å². The van der Waals surface area contributed by atoms with Gasteiger partial charge in [-0.05, 0) is 18.2 Å². The Morgan fingerprint density at radius 2 is 1.79 bits per heavy atom. The van der Waals surface area contributed by atoms with Crippen molar-refractivity contribution in [1.82, 2.24) is 14.8 Å². The molecular weight excluding hydrogens is 322 g/mol. The van der Waals surface area contributed by atoms with Crippen LogP contribution in [0, 0.1) is 0 Å². The Morgan fingerprint density at radius 3 is 2.50 bits per heavy atom. The Hall–Kier alpha value is -2.47. The van der Waals surface area contributed by atoms with Gasteiger partial charge >= 0.3 is 0 Å². The Kier molecular flexibility index (Phi) is 5.05. The lowest BCUT2D eigenvalue weighted by atomic mass is 10.2. The predicted molar refractivity (Wildman–Crippen MR) is 95.5 cm³/mol. The molecule has 0 aliphatic carbocycles. The zero-order valence-electron chi connectivity index (χ0n) is 13.9. The lowest BCUT2D eigenvalue weighted by Gasteiger charge is -2.10. The van der Waals surface area contributed by atoms with E-state index < -0.39 is 0 Å². The molecule has 6 heteroatoms. The van der Waals surface area contributed by atoms with Crippen LogP contribution in [0.3, 0.4) is 0 Å². The zero-order valence-corrected chi connectivity index (χ0v) is 14.7. The highest BCUT2D eigenvalue weighted by molar-refractivity contribution is 7.98. The van der Waals surface area contributed by atoms with Gasteiger partial charge in [0.1, 0.15) is 11.5 Å². The van der Waals surface area contributed by atoms with Crippen LogP contribution in [0.2, 0.25) is 0 Å². The first-order valence-electron chi connectivity index (χ1n) is 7.51. The van der Waals surface area contributed by atoms with Crippen LogP contribution in [0.25, 0.3) is 11.4 Å². The predicted octanol–water partition coefficient (Wildman–Crippen LogP) is 3.79. The van der Waals surface area contributed by atoms with Crippen LogP contribution in [-0.4, -0.2) is 29.0 Å². The van der Waals surface area contributed by atoms with Crippen molar-refractivity contribution >= 4 is 11.8 Å². The van der Waals surface area contributed by atoms with Gasteiger partial charge in [0.2, 0.25) is 0 Å². The second kappa shape index (κ2) is 7.40. The van der Waals surface area contributed by atoms with E-state index in [-0.39, 0.29) is 0 Å². The minimum atomic E-state index is 0.723. The van der Waals surface area contributed by atoms with E-state index in [0.29, 0.717) is 0 Å². The van der Waals surface area contributed by atoms with E-state index in [1.54, 1.807) is 26.0 Å². The Labute approximate surface area is 145 Å². The molecule has 0 fully saturated rings. The molecule has 0 unspecified atom stereocenters. The Morgan fingerprint density at radius 1 is 1.00 bits per heavy atom. The topological polar surface area (TPSA) is 49.2 Å². The largest absolute Gasteiger partial charge is 0.497 e. The van der Waals surface area contributed by atoms with Crippen LogP contribution in [0.4, 0.5) is 0 Å². The molecule has 0 aliphatic rings. The number of methoxy groups -OCH3 is 2. The van der Waals surface area contributed by atoms with Crippen molar-refractivity contribution in [3.8, 4) is 22.9 Å². The van der Waals surface area contributed by atoms with Gasteiger partial charge in [-0.1, -0.05) is 42.1 Å². The van der Waals surface area contributed by atoms with Crippen molar-refractivity contribution in [3.63, 3.8) is 0 Å². The molecule has 3 aromatic rings. The summed E-state index contributed by atoms with van der Waals surface area (Å²) in [4.78, 5) is 0. The van der Waals surface area contributed by atoms with Gasteiger partial charge in [0.15, 0.2) is 11.0 Å². The first kappa shape index (κ1) is 16.4. The number of thioether (sulfide) groups is 1. The molecule has 1 heterocycles. The number of benzene rings is 2. The maximum atomic E-state index is 5.43. The summed E-state index contributed by atoms with van der Waals surface area (Å²) >= 11 is 1.62. The van der Waals surface area contributed by atoms with E-state index in [9.17, 15) is 0 Å². The van der Waals surface area contributed by atoms with E-state index in [1.807, 2.05) is 60.1 Å². The minimum Gasteiger partial charge on any atom is -0.497 e. The monoisotopic (exact) mass is 341 g/mol. The molecule has 2 aromatic carbocycles. The van der Waals surface area contributed by atoms with Gasteiger partial charge in [-0.15, -0.1) is 10.2 Å². The molecule has 1 aromatic heterocycles. The van der Waals surface area contributed by atoms with Crippen LogP contribution in [-0.2, 0) is 12.8 Å². The van der Waals surface area contributed by atoms with E-state index >= 15 is 0 Å². The fourth-order valence-corrected chi connectivity index (χ4v) is 3.31. The summed E-state index contributed by atoms with van der Waals surface area (Å²) in [6.45, 7) is 0. The maximum Gasteiger partial charge on any atom is 0.191 e. The number of nitrogens with zero attached hydrogens (tertiary/aromatic N) is 3. The van der Waals surface area contributed by atoms with E-state index in [1.165, 1.54) is 0 Å². The van der Waals surface area contributed by atoms with Crippen molar-refractivity contribution < 1.29 is 9.47 Å². The summed E-state index contributed by atoms with van der Waals surface area (Å²) < 4.78 is 12.7. The van der Waals surface area contributed by atoms with E-state index in [0.717, 1.165) is 39.4 Å². The first-order valence-corrected chi connectivity index (χ1v) is 8.50. The molecule has 0 atom stereocenters. The number of rotatable bonds is 6. The molecule has 0 bridgehead atoms. The molecule has 124 valence electrons. The van der Waals surface area contributed by atoms with Crippen molar-refractivity contribution in [3.05, 3.63) is 54.1 Å². The van der Waals surface area contributed by atoms with Crippen molar-refractivity contribution in [1.29, 1.82) is 0 Å². The molecule has 0 amide bonds. The molecule has 0 saturated heterocycles. The number of ether oxygens (including phenoxy) is 2. The average Bonchev–Trinajstić information content (AvgIpc) is 3.01. The van der Waals surface area contributed by atoms with Gasteiger partial charge in [-0.3, -0.25) is 0 Å². The van der Waals surface area contributed by atoms with Gasteiger partial charge in [0.05, 0.1) is 14.2 Å². The summed E-state index contributed by atoms with van der Waals surface area (Å²) in [5.74, 6) is 3.24. The highest BCUT2D eigenvalue weighted by Gasteiger charge is 2.12. The van der Waals surface area contributed by atoms with Crippen molar-refractivity contribution in [2.45, 2.75) is 10.9 Å². The van der Waals surface area contributed by atoms with Gasteiger partial charge in [-0.2, -0.15) is 0 Å². The molecule has 0 saturated carbocycles. The standard InChI is InChI=1S/C18H19N3O2S/c1-21-17(13-7-5-4-6-8-13)19-20-18(21)24-12-14-11-15(22-2)9-10-16(14)23-3/h4-11H,12H2,1-3H3. The average molecular weight is 341 g/mol. The van der Waals surface area contributed by atoms with Crippen molar-refractivity contribution in [2.75, 3.05) is 14.2 Å². The zero-order chi connectivity index (χ0) is 16.9. The molecule has 0 spiro atoms. The number of hydrogen-bond donors (Lipinski definition) is 0. The fourth-order valence-electron chi connectivity index (χ4n) is 2.42. The Balaban J connectivity index is 1.80. The van der Waals surface area contributed by atoms with Gasteiger partial charge in [-0.25, -0.2) is 0 Å². The van der Waals surface area contributed by atoms with E-state index in [2.05, 4.69) is 10.2 Å². The molecule has 24 heavy (non-hydrogen) atoms. The molecule has 5 nitrogen and oxygen atoms in total. The maximum absolute atomic E-state index is 5.43. The smallest absolute Gasteiger partial charge is 0.191 e. The van der Waals surface area contributed by atoms with Gasteiger partial charge in [0, 0.05) is 23.9 Å². The van der Waals surface area contributed by atoms with Crippen LogP contribution in [0.1, 0.15) is 5.56 Å².